The van der Waals surface area contributed by atoms with Gasteiger partial charge in [-0.05, 0) is 0 Å². The Morgan fingerprint density at radius 3 is 2.69 bits per heavy atom. The van der Waals surface area contributed by atoms with Gasteiger partial charge in [-0.15, -0.1) is 0 Å². The third kappa shape index (κ3) is 0.979. The van der Waals surface area contributed by atoms with Crippen molar-refractivity contribution in [3.63, 3.8) is 0 Å². The summed E-state index contributed by atoms with van der Waals surface area (Å²) in [6, 6.07) is 0. The molecule has 74 valence electrons. The molecule has 1 atom stereocenters. The quantitative estimate of drug-likeness (QED) is 0.608. The van der Waals surface area contributed by atoms with E-state index < -0.39 is 17.7 Å². The van der Waals surface area contributed by atoms with E-state index in [1.165, 1.54) is 0 Å². The Kier molecular flexibility index (Phi) is 1.61. The van der Waals surface area contributed by atoms with Crippen LogP contribution >= 0.6 is 0 Å². The average molecular weight is 194 g/mol. The number of nitrogens with zero attached hydrogens (tertiary/aromatic N) is 1. The number of fused-ring (bicyclic) bond motifs is 1. The Morgan fingerprint density at radius 2 is 2.15 bits per heavy atom. The Hall–Kier alpha value is -0.780. The smallest absolute Gasteiger partial charge is 0.315 e. The van der Waals surface area contributed by atoms with Crippen LogP contribution in [0.4, 0.5) is 13.2 Å². The van der Waals surface area contributed by atoms with Crippen molar-refractivity contribution in [2.45, 2.75) is 24.7 Å². The van der Waals surface area contributed by atoms with Gasteiger partial charge >= 0.3 is 6.18 Å². The maximum atomic E-state index is 12.6. The first kappa shape index (κ1) is 8.80. The number of nitrogens with one attached hydrogen (secondary N) is 1. The Bertz CT molecular complexity index is 253. The summed E-state index contributed by atoms with van der Waals surface area (Å²) in [7, 11) is 0. The maximum absolute atomic E-state index is 12.6. The van der Waals surface area contributed by atoms with E-state index in [2.05, 4.69) is 5.32 Å². The molecule has 0 aromatic carbocycles. The highest BCUT2D eigenvalue weighted by Crippen LogP contribution is 2.43. The van der Waals surface area contributed by atoms with Crippen molar-refractivity contribution >= 4 is 5.91 Å². The van der Waals surface area contributed by atoms with Gasteiger partial charge in [-0.1, -0.05) is 0 Å². The Labute approximate surface area is 72.9 Å². The SMILES string of the molecule is O=C1CC[C@@]2(C(F)(F)F)NCCN12. The molecule has 2 fully saturated rings. The molecule has 1 amide bonds. The van der Waals surface area contributed by atoms with Crippen LogP contribution in [-0.4, -0.2) is 35.7 Å². The van der Waals surface area contributed by atoms with E-state index in [4.69, 9.17) is 0 Å². The zero-order chi connectivity index (χ0) is 9.69. The molecule has 0 bridgehead atoms. The van der Waals surface area contributed by atoms with E-state index in [9.17, 15) is 18.0 Å². The third-order valence-electron chi connectivity index (χ3n) is 2.68. The van der Waals surface area contributed by atoms with E-state index in [1.807, 2.05) is 0 Å². The zero-order valence-corrected chi connectivity index (χ0v) is 6.82. The monoisotopic (exact) mass is 194 g/mol. The lowest BCUT2D eigenvalue weighted by Crippen LogP contribution is -2.59. The van der Waals surface area contributed by atoms with Crippen molar-refractivity contribution in [1.82, 2.24) is 10.2 Å². The first-order valence-corrected chi connectivity index (χ1v) is 4.10. The normalized spacial score (nSPS) is 34.1. The summed E-state index contributed by atoms with van der Waals surface area (Å²) in [5.41, 5.74) is -2.05. The molecule has 2 saturated heterocycles. The molecule has 0 saturated carbocycles. The lowest BCUT2D eigenvalue weighted by Gasteiger charge is -2.33. The third-order valence-corrected chi connectivity index (χ3v) is 2.68. The van der Waals surface area contributed by atoms with E-state index in [0.717, 1.165) is 4.90 Å². The van der Waals surface area contributed by atoms with Crippen LogP contribution in [0.2, 0.25) is 0 Å². The highest BCUT2D eigenvalue weighted by Gasteiger charge is 2.64. The molecule has 2 heterocycles. The standard InChI is InChI=1S/C7H9F3N2O/c8-7(9,10)6-2-1-5(13)12(6)4-3-11-6/h11H,1-4H2/t6-/m1/s1. The van der Waals surface area contributed by atoms with Crippen LogP contribution in [0.15, 0.2) is 0 Å². The van der Waals surface area contributed by atoms with Gasteiger partial charge in [0.25, 0.3) is 0 Å². The fourth-order valence-electron chi connectivity index (χ4n) is 2.04. The number of hydrogen-bond donors (Lipinski definition) is 1. The number of carbonyl (C=O) groups is 1. The minimum atomic E-state index is -4.37. The van der Waals surface area contributed by atoms with Crippen molar-refractivity contribution in [2.24, 2.45) is 0 Å². The van der Waals surface area contributed by atoms with Crippen molar-refractivity contribution in [3.05, 3.63) is 0 Å². The zero-order valence-electron chi connectivity index (χ0n) is 6.82. The minimum Gasteiger partial charge on any atom is -0.315 e. The van der Waals surface area contributed by atoms with Gasteiger partial charge in [0.15, 0.2) is 5.66 Å². The molecular weight excluding hydrogens is 185 g/mol. The van der Waals surface area contributed by atoms with E-state index in [1.54, 1.807) is 0 Å². The summed E-state index contributed by atoms with van der Waals surface area (Å²) < 4.78 is 37.9. The molecule has 2 rings (SSSR count). The predicted octanol–water partition coefficient (Wildman–Crippen LogP) is 0.471. The van der Waals surface area contributed by atoms with Gasteiger partial charge in [0.1, 0.15) is 0 Å². The van der Waals surface area contributed by atoms with Crippen LogP contribution in [0.25, 0.3) is 0 Å². The molecule has 0 unspecified atom stereocenters. The second kappa shape index (κ2) is 2.37. The van der Waals surface area contributed by atoms with Gasteiger partial charge in [-0.2, -0.15) is 13.2 Å². The Morgan fingerprint density at radius 1 is 1.46 bits per heavy atom. The van der Waals surface area contributed by atoms with Gasteiger partial charge in [-0.3, -0.25) is 10.1 Å². The van der Waals surface area contributed by atoms with Gasteiger partial charge in [-0.25, -0.2) is 0 Å². The van der Waals surface area contributed by atoms with Crippen molar-refractivity contribution in [1.29, 1.82) is 0 Å². The van der Waals surface area contributed by atoms with Crippen LogP contribution in [-0.2, 0) is 4.79 Å². The number of carbonyl (C=O) groups excluding carboxylic acids is 1. The molecule has 2 aliphatic heterocycles. The second-order valence-electron chi connectivity index (χ2n) is 3.33. The fraction of sp³-hybridized carbons (Fsp3) is 0.857. The molecule has 3 nitrogen and oxygen atoms in total. The van der Waals surface area contributed by atoms with Crippen LogP contribution in [0.5, 0.6) is 0 Å². The van der Waals surface area contributed by atoms with Crippen LogP contribution in [0, 0.1) is 0 Å². The summed E-state index contributed by atoms with van der Waals surface area (Å²) in [5, 5.41) is 2.38. The van der Waals surface area contributed by atoms with Crippen molar-refractivity contribution in [2.75, 3.05) is 13.1 Å². The number of hydrogen-bond acceptors (Lipinski definition) is 2. The van der Waals surface area contributed by atoms with Gasteiger partial charge in [0.2, 0.25) is 5.91 Å². The maximum Gasteiger partial charge on any atom is 0.425 e. The van der Waals surface area contributed by atoms with Gasteiger partial charge in [0, 0.05) is 25.9 Å². The number of halogens is 3. The second-order valence-corrected chi connectivity index (χ2v) is 3.33. The number of amides is 1. The first-order chi connectivity index (χ1) is 5.97. The topological polar surface area (TPSA) is 32.3 Å². The summed E-state index contributed by atoms with van der Waals surface area (Å²) in [4.78, 5) is 12.0. The molecule has 0 spiro atoms. The minimum absolute atomic E-state index is 0.00743. The number of alkyl halides is 3. The first-order valence-electron chi connectivity index (χ1n) is 4.10. The predicted molar refractivity (Wildman–Crippen MR) is 37.7 cm³/mol. The van der Waals surface area contributed by atoms with Crippen molar-refractivity contribution in [3.8, 4) is 0 Å². The lowest BCUT2D eigenvalue weighted by molar-refractivity contribution is -0.222. The summed E-state index contributed by atoms with van der Waals surface area (Å²) in [6.45, 7) is 0.392. The molecule has 6 heteroatoms. The van der Waals surface area contributed by atoms with Crippen LogP contribution in [0.1, 0.15) is 12.8 Å². The van der Waals surface area contributed by atoms with Gasteiger partial charge in [0.05, 0.1) is 0 Å². The molecule has 2 aliphatic rings. The molecule has 0 aliphatic carbocycles. The summed E-state index contributed by atoms with van der Waals surface area (Å²) >= 11 is 0. The average Bonchev–Trinajstić information content (AvgIpc) is 2.51. The van der Waals surface area contributed by atoms with Crippen molar-refractivity contribution < 1.29 is 18.0 Å². The molecule has 0 aromatic rings. The molecule has 13 heavy (non-hydrogen) atoms. The van der Waals surface area contributed by atoms with E-state index in [-0.39, 0.29) is 25.9 Å². The molecule has 0 radical (unpaired) electrons. The largest absolute Gasteiger partial charge is 0.425 e. The molecule has 1 N–H and O–H groups in total. The molecular formula is C7H9F3N2O. The van der Waals surface area contributed by atoms with Crippen LogP contribution in [0.3, 0.4) is 0 Å². The van der Waals surface area contributed by atoms with E-state index >= 15 is 0 Å². The Balaban J connectivity index is 2.36. The highest BCUT2D eigenvalue weighted by atomic mass is 19.4. The summed E-state index contributed by atoms with van der Waals surface area (Å²) in [5.74, 6) is -0.401. The number of rotatable bonds is 0. The molecule has 0 aromatic heterocycles. The van der Waals surface area contributed by atoms with E-state index in [0.29, 0.717) is 0 Å². The summed E-state index contributed by atoms with van der Waals surface area (Å²) in [6.07, 6.45) is -4.53. The lowest BCUT2D eigenvalue weighted by atomic mass is 10.1. The van der Waals surface area contributed by atoms with Gasteiger partial charge < -0.3 is 4.90 Å². The van der Waals surface area contributed by atoms with Crippen LogP contribution < -0.4 is 5.32 Å². The highest BCUT2D eigenvalue weighted by molar-refractivity contribution is 5.80. The fourth-order valence-corrected chi connectivity index (χ4v) is 2.04.